The number of tetrazole rings is 1. The lowest BCUT2D eigenvalue weighted by atomic mass is 9.89. The topological polar surface area (TPSA) is 98.6 Å². The Morgan fingerprint density at radius 3 is 2.97 bits per heavy atom. The van der Waals surface area contributed by atoms with Crippen molar-refractivity contribution in [3.8, 4) is 11.4 Å². The van der Waals surface area contributed by atoms with Gasteiger partial charge in [-0.25, -0.2) is 4.98 Å². The predicted octanol–water partition coefficient (Wildman–Crippen LogP) is 3.39. The van der Waals surface area contributed by atoms with Crippen LogP contribution in [-0.4, -0.2) is 37.3 Å². The van der Waals surface area contributed by atoms with E-state index in [-0.39, 0.29) is 5.56 Å². The van der Waals surface area contributed by atoms with Crippen LogP contribution in [0.25, 0.3) is 15.9 Å². The number of aromatic nitrogens is 6. The summed E-state index contributed by atoms with van der Waals surface area (Å²) in [6.07, 6.45) is 3.13. The Hall–Kier alpha value is -2.72. The van der Waals surface area contributed by atoms with Crippen LogP contribution in [0.4, 0.5) is 0 Å². The number of aromatic amines is 1. The Bertz CT molecular complexity index is 1260. The fraction of sp³-hybridized carbons (Fsp3) is 0.350. The molecule has 0 aliphatic heterocycles. The van der Waals surface area contributed by atoms with Gasteiger partial charge in [0, 0.05) is 4.88 Å². The average Bonchev–Trinajstić information content (AvgIpc) is 3.36. The van der Waals surface area contributed by atoms with Crippen LogP contribution in [-0.2, 0) is 18.6 Å². The van der Waals surface area contributed by atoms with Crippen molar-refractivity contribution in [2.24, 2.45) is 5.92 Å². The van der Waals surface area contributed by atoms with E-state index in [9.17, 15) is 4.79 Å². The number of aryl methyl sites for hydroxylation is 1. The highest BCUT2D eigenvalue weighted by Crippen LogP contribution is 2.35. The smallest absolute Gasteiger partial charge is 0.259 e. The first-order valence-electron chi connectivity index (χ1n) is 9.71. The highest BCUT2D eigenvalue weighted by atomic mass is 32.2. The van der Waals surface area contributed by atoms with Gasteiger partial charge in [0.25, 0.3) is 5.56 Å². The molecule has 1 aromatic carbocycles. The van der Waals surface area contributed by atoms with Crippen LogP contribution >= 0.6 is 23.1 Å². The third-order valence-corrected chi connectivity index (χ3v) is 7.39. The van der Waals surface area contributed by atoms with Gasteiger partial charge in [-0.1, -0.05) is 18.7 Å². The second kappa shape index (κ2) is 7.84. The largest absolute Gasteiger partial charge is 0.497 e. The Kier molecular flexibility index (Phi) is 5.03. The molecule has 4 aromatic rings. The maximum Gasteiger partial charge on any atom is 0.259 e. The Labute approximate surface area is 180 Å². The van der Waals surface area contributed by atoms with Crippen molar-refractivity contribution in [1.29, 1.82) is 0 Å². The first kappa shape index (κ1) is 19.3. The predicted molar refractivity (Wildman–Crippen MR) is 117 cm³/mol. The molecule has 10 heteroatoms. The van der Waals surface area contributed by atoms with Gasteiger partial charge >= 0.3 is 0 Å². The highest BCUT2D eigenvalue weighted by molar-refractivity contribution is 7.98. The lowest BCUT2D eigenvalue weighted by Gasteiger charge is -2.17. The zero-order chi connectivity index (χ0) is 20.7. The molecule has 8 nitrogen and oxygen atoms in total. The molecule has 1 aliphatic rings. The van der Waals surface area contributed by atoms with E-state index in [1.54, 1.807) is 23.1 Å². The number of H-pyrrole nitrogens is 1. The van der Waals surface area contributed by atoms with Crippen LogP contribution in [0.1, 0.15) is 29.6 Å². The zero-order valence-electron chi connectivity index (χ0n) is 16.6. The summed E-state index contributed by atoms with van der Waals surface area (Å²) in [6.45, 7) is 2.26. The molecule has 154 valence electrons. The summed E-state index contributed by atoms with van der Waals surface area (Å²) >= 11 is 3.09. The van der Waals surface area contributed by atoms with Crippen molar-refractivity contribution in [2.45, 2.75) is 37.1 Å². The van der Waals surface area contributed by atoms with Crippen LogP contribution < -0.4 is 10.3 Å². The molecule has 0 fully saturated rings. The van der Waals surface area contributed by atoms with Gasteiger partial charge in [0.05, 0.1) is 23.9 Å². The molecular formula is C20H20N6O2S2. The second-order valence-electron chi connectivity index (χ2n) is 7.40. The first-order chi connectivity index (χ1) is 14.6. The third-order valence-electron chi connectivity index (χ3n) is 5.31. The number of hydrogen-bond donors (Lipinski definition) is 1. The van der Waals surface area contributed by atoms with E-state index >= 15 is 0 Å². The van der Waals surface area contributed by atoms with Crippen molar-refractivity contribution in [2.75, 3.05) is 7.11 Å². The summed E-state index contributed by atoms with van der Waals surface area (Å²) in [5.74, 6) is 2.54. The number of rotatable bonds is 5. The van der Waals surface area contributed by atoms with Gasteiger partial charge < -0.3 is 9.72 Å². The molecule has 3 heterocycles. The van der Waals surface area contributed by atoms with E-state index < -0.39 is 0 Å². The fourth-order valence-corrected chi connectivity index (χ4v) is 5.91. The standard InChI is InChI=1S/C20H20N6O2S2/c1-11-3-8-14-15(9-11)30-19-17(14)18(27)21-16(22-19)10-29-20-23-24-25-26(20)12-4-6-13(28-2)7-5-12/h4-7,11H,3,8-10H2,1-2H3,(H,21,22,27). The molecule has 1 N–H and O–H groups in total. The van der Waals surface area contributed by atoms with E-state index in [1.807, 2.05) is 24.3 Å². The molecule has 0 spiro atoms. The maximum absolute atomic E-state index is 12.8. The van der Waals surface area contributed by atoms with Gasteiger partial charge in [-0.2, -0.15) is 4.68 Å². The van der Waals surface area contributed by atoms with Crippen LogP contribution in [0.5, 0.6) is 5.75 Å². The molecule has 0 amide bonds. The molecule has 1 unspecified atom stereocenters. The monoisotopic (exact) mass is 440 g/mol. The molecular weight excluding hydrogens is 420 g/mol. The first-order valence-corrected chi connectivity index (χ1v) is 11.5. The van der Waals surface area contributed by atoms with Gasteiger partial charge in [0.1, 0.15) is 16.4 Å². The van der Waals surface area contributed by atoms with Gasteiger partial charge in [-0.3, -0.25) is 4.79 Å². The fourth-order valence-electron chi connectivity index (χ4n) is 3.75. The Morgan fingerprint density at radius 1 is 1.33 bits per heavy atom. The van der Waals surface area contributed by atoms with Gasteiger partial charge in [-0.05, 0) is 65.4 Å². The number of ether oxygens (including phenoxy) is 1. The third kappa shape index (κ3) is 3.50. The zero-order valence-corrected chi connectivity index (χ0v) is 18.2. The number of hydrogen-bond acceptors (Lipinski definition) is 8. The van der Waals surface area contributed by atoms with Crippen molar-refractivity contribution in [3.63, 3.8) is 0 Å². The number of benzene rings is 1. The molecule has 0 saturated heterocycles. The number of nitrogens with zero attached hydrogens (tertiary/aromatic N) is 5. The number of methoxy groups -OCH3 is 1. The molecule has 30 heavy (non-hydrogen) atoms. The summed E-state index contributed by atoms with van der Waals surface area (Å²) in [7, 11) is 1.63. The summed E-state index contributed by atoms with van der Waals surface area (Å²) in [5.41, 5.74) is 1.99. The SMILES string of the molecule is COc1ccc(-n2nnnc2SCc2nc3sc4c(c3c(=O)[nH]2)CCC(C)C4)cc1. The quantitative estimate of drug-likeness (QED) is 0.475. The van der Waals surface area contributed by atoms with Crippen LogP contribution in [0.15, 0.2) is 34.2 Å². The minimum absolute atomic E-state index is 0.0441. The second-order valence-corrected chi connectivity index (χ2v) is 9.43. The lowest BCUT2D eigenvalue weighted by molar-refractivity contribution is 0.414. The Morgan fingerprint density at radius 2 is 2.17 bits per heavy atom. The molecule has 1 atom stereocenters. The van der Waals surface area contributed by atoms with E-state index in [4.69, 9.17) is 9.72 Å². The lowest BCUT2D eigenvalue weighted by Crippen LogP contribution is -2.14. The number of fused-ring (bicyclic) bond motifs is 3. The van der Waals surface area contributed by atoms with Crippen molar-refractivity contribution < 1.29 is 4.74 Å². The van der Waals surface area contributed by atoms with Crippen molar-refractivity contribution >= 4 is 33.3 Å². The summed E-state index contributed by atoms with van der Waals surface area (Å²) in [4.78, 5) is 22.6. The number of thioether (sulfide) groups is 1. The van der Waals surface area contributed by atoms with E-state index in [1.165, 1.54) is 22.2 Å². The average molecular weight is 441 g/mol. The van der Waals surface area contributed by atoms with E-state index in [2.05, 4.69) is 27.4 Å². The van der Waals surface area contributed by atoms with Crippen molar-refractivity contribution in [3.05, 3.63) is 50.9 Å². The number of thiophene rings is 1. The molecule has 0 bridgehead atoms. The summed E-state index contributed by atoms with van der Waals surface area (Å²) in [5, 5.41) is 13.4. The molecule has 5 rings (SSSR count). The van der Waals surface area contributed by atoms with Crippen molar-refractivity contribution in [1.82, 2.24) is 30.2 Å². The van der Waals surface area contributed by atoms with Crippen LogP contribution in [0.3, 0.4) is 0 Å². The van der Waals surface area contributed by atoms with E-state index in [0.717, 1.165) is 40.9 Å². The molecule has 3 aromatic heterocycles. The summed E-state index contributed by atoms with van der Waals surface area (Å²) in [6, 6.07) is 7.50. The molecule has 0 saturated carbocycles. The molecule has 0 radical (unpaired) electrons. The van der Waals surface area contributed by atoms with Crippen LogP contribution in [0, 0.1) is 5.92 Å². The minimum Gasteiger partial charge on any atom is -0.497 e. The molecule has 1 aliphatic carbocycles. The van der Waals surface area contributed by atoms with E-state index in [0.29, 0.717) is 22.7 Å². The number of nitrogens with one attached hydrogen (secondary N) is 1. The Balaban J connectivity index is 1.40. The minimum atomic E-state index is -0.0441. The van der Waals surface area contributed by atoms with Gasteiger partial charge in [0.15, 0.2) is 0 Å². The van der Waals surface area contributed by atoms with Gasteiger partial charge in [-0.15, -0.1) is 16.4 Å². The maximum atomic E-state index is 12.8. The summed E-state index contributed by atoms with van der Waals surface area (Å²) < 4.78 is 6.86. The van der Waals surface area contributed by atoms with Crippen LogP contribution in [0.2, 0.25) is 0 Å². The van der Waals surface area contributed by atoms with Gasteiger partial charge in [0.2, 0.25) is 5.16 Å². The normalized spacial score (nSPS) is 16.0. The highest BCUT2D eigenvalue weighted by Gasteiger charge is 2.23.